The van der Waals surface area contributed by atoms with E-state index in [-0.39, 0.29) is 5.91 Å². The molecule has 2 aliphatic heterocycles. The topological polar surface area (TPSA) is 41.6 Å². The fourth-order valence-corrected chi connectivity index (χ4v) is 4.10. The van der Waals surface area contributed by atoms with E-state index in [0.29, 0.717) is 18.0 Å². The van der Waals surface area contributed by atoms with E-state index in [0.717, 1.165) is 29.3 Å². The molecule has 28 heavy (non-hydrogen) atoms. The molecule has 4 rings (SSSR count). The van der Waals surface area contributed by atoms with E-state index in [4.69, 9.17) is 16.3 Å². The Bertz CT molecular complexity index is 829. The number of carbonyl (C=O) groups excluding carboxylic acids is 1. The number of likely N-dealkylation sites (tertiary alicyclic amines) is 1. The zero-order valence-electron chi connectivity index (χ0n) is 16.3. The third kappa shape index (κ3) is 4.68. The van der Waals surface area contributed by atoms with Crippen LogP contribution in [0.15, 0.2) is 42.5 Å². The standard InChI is InChI=1S/C23H27ClN2O2/c1-16-8-10-26(11-9-16)15-18-4-2-17(3-5-18)14-25-23(27)22-13-19-12-20(24)6-7-21(19)28-22/h2-7,12,16,22H,8-11,13-15H2,1H3,(H,25,27)/t22-/m1/s1. The molecule has 5 heteroatoms. The number of rotatable bonds is 5. The van der Waals surface area contributed by atoms with Gasteiger partial charge >= 0.3 is 0 Å². The van der Waals surface area contributed by atoms with Gasteiger partial charge in [-0.25, -0.2) is 0 Å². The van der Waals surface area contributed by atoms with Crippen LogP contribution in [-0.2, 0) is 24.3 Å². The molecule has 0 spiro atoms. The Morgan fingerprint density at radius 1 is 1.14 bits per heavy atom. The van der Waals surface area contributed by atoms with Gasteiger partial charge in [0.15, 0.2) is 6.10 Å². The third-order valence-electron chi connectivity index (χ3n) is 5.76. The van der Waals surface area contributed by atoms with Gasteiger partial charge in [0.1, 0.15) is 5.75 Å². The molecule has 0 radical (unpaired) electrons. The Labute approximate surface area is 171 Å². The van der Waals surface area contributed by atoms with Crippen molar-refractivity contribution < 1.29 is 9.53 Å². The van der Waals surface area contributed by atoms with Gasteiger partial charge in [-0.15, -0.1) is 0 Å². The van der Waals surface area contributed by atoms with E-state index in [9.17, 15) is 4.79 Å². The van der Waals surface area contributed by atoms with Crippen LogP contribution in [0.5, 0.6) is 5.75 Å². The lowest BCUT2D eigenvalue weighted by Crippen LogP contribution is -2.37. The molecule has 2 heterocycles. The second-order valence-electron chi connectivity index (χ2n) is 8.06. The van der Waals surface area contributed by atoms with Crippen molar-refractivity contribution in [2.45, 2.75) is 45.4 Å². The number of carbonyl (C=O) groups is 1. The summed E-state index contributed by atoms with van der Waals surface area (Å²) in [5.74, 6) is 1.52. The molecule has 0 aliphatic carbocycles. The zero-order chi connectivity index (χ0) is 19.5. The van der Waals surface area contributed by atoms with Crippen molar-refractivity contribution in [1.82, 2.24) is 10.2 Å². The lowest BCUT2D eigenvalue weighted by Gasteiger charge is -2.30. The molecule has 2 aromatic carbocycles. The maximum Gasteiger partial charge on any atom is 0.261 e. The van der Waals surface area contributed by atoms with Gasteiger partial charge in [-0.05, 0) is 66.7 Å². The van der Waals surface area contributed by atoms with Crippen LogP contribution in [0.1, 0.15) is 36.5 Å². The van der Waals surface area contributed by atoms with Crippen LogP contribution in [0, 0.1) is 5.92 Å². The fraction of sp³-hybridized carbons (Fsp3) is 0.435. The smallest absolute Gasteiger partial charge is 0.261 e. The summed E-state index contributed by atoms with van der Waals surface area (Å²) in [7, 11) is 0. The zero-order valence-corrected chi connectivity index (χ0v) is 17.0. The minimum absolute atomic E-state index is 0.0844. The number of ether oxygens (including phenoxy) is 1. The Morgan fingerprint density at radius 2 is 1.86 bits per heavy atom. The SMILES string of the molecule is CC1CCN(Cc2ccc(CNC(=O)[C@H]3Cc4cc(Cl)ccc4O3)cc2)CC1. The van der Waals surface area contributed by atoms with Crippen LogP contribution in [-0.4, -0.2) is 30.0 Å². The van der Waals surface area contributed by atoms with Crippen LogP contribution in [0.2, 0.25) is 5.02 Å². The van der Waals surface area contributed by atoms with E-state index in [1.165, 1.54) is 31.5 Å². The largest absolute Gasteiger partial charge is 0.480 e. The molecule has 1 saturated heterocycles. The quantitative estimate of drug-likeness (QED) is 0.820. The van der Waals surface area contributed by atoms with Crippen molar-refractivity contribution in [3.05, 3.63) is 64.2 Å². The molecule has 1 atom stereocenters. The number of amides is 1. The second kappa shape index (κ2) is 8.54. The maximum absolute atomic E-state index is 12.5. The molecule has 148 valence electrons. The van der Waals surface area contributed by atoms with E-state index >= 15 is 0 Å². The molecule has 0 bridgehead atoms. The minimum Gasteiger partial charge on any atom is -0.480 e. The van der Waals surface area contributed by atoms with Crippen molar-refractivity contribution >= 4 is 17.5 Å². The normalized spacial score (nSPS) is 19.9. The number of hydrogen-bond acceptors (Lipinski definition) is 3. The number of benzene rings is 2. The molecule has 1 fully saturated rings. The summed E-state index contributed by atoms with van der Waals surface area (Å²) in [4.78, 5) is 15.0. The van der Waals surface area contributed by atoms with Crippen molar-refractivity contribution in [2.24, 2.45) is 5.92 Å². The molecule has 2 aliphatic rings. The molecule has 1 N–H and O–H groups in total. The van der Waals surface area contributed by atoms with E-state index in [2.05, 4.69) is 41.4 Å². The lowest BCUT2D eigenvalue weighted by atomic mass is 9.99. The van der Waals surface area contributed by atoms with Crippen molar-refractivity contribution in [3.63, 3.8) is 0 Å². The van der Waals surface area contributed by atoms with Crippen LogP contribution in [0.25, 0.3) is 0 Å². The Balaban J connectivity index is 1.25. The highest BCUT2D eigenvalue weighted by Gasteiger charge is 2.29. The third-order valence-corrected chi connectivity index (χ3v) is 6.00. The first-order valence-electron chi connectivity index (χ1n) is 10.1. The average Bonchev–Trinajstić information content (AvgIpc) is 3.12. The van der Waals surface area contributed by atoms with Gasteiger partial charge < -0.3 is 10.1 Å². The monoisotopic (exact) mass is 398 g/mol. The summed E-state index contributed by atoms with van der Waals surface area (Å²) in [6.07, 6.45) is 2.68. The molecular formula is C23H27ClN2O2. The first kappa shape index (κ1) is 19.3. The van der Waals surface area contributed by atoms with Gasteiger partial charge in [-0.3, -0.25) is 9.69 Å². The van der Waals surface area contributed by atoms with Crippen molar-refractivity contribution in [3.8, 4) is 5.75 Å². The molecule has 0 unspecified atom stereocenters. The number of nitrogens with zero attached hydrogens (tertiary/aromatic N) is 1. The summed E-state index contributed by atoms with van der Waals surface area (Å²) in [6, 6.07) is 14.0. The summed E-state index contributed by atoms with van der Waals surface area (Å²) in [6.45, 7) is 6.24. The predicted octanol–water partition coefficient (Wildman–Crippen LogP) is 4.19. The Hall–Kier alpha value is -2.04. The Kier molecular flexibility index (Phi) is 5.88. The average molecular weight is 399 g/mol. The first-order valence-corrected chi connectivity index (χ1v) is 10.5. The molecule has 2 aromatic rings. The van der Waals surface area contributed by atoms with Crippen LogP contribution < -0.4 is 10.1 Å². The van der Waals surface area contributed by atoms with Crippen molar-refractivity contribution in [2.75, 3.05) is 13.1 Å². The minimum atomic E-state index is -0.478. The maximum atomic E-state index is 12.5. The highest BCUT2D eigenvalue weighted by Crippen LogP contribution is 2.31. The van der Waals surface area contributed by atoms with Gasteiger partial charge in [-0.1, -0.05) is 42.8 Å². The summed E-state index contributed by atoms with van der Waals surface area (Å²) in [5.41, 5.74) is 3.42. The summed E-state index contributed by atoms with van der Waals surface area (Å²) in [5, 5.41) is 3.66. The number of nitrogens with one attached hydrogen (secondary N) is 1. The number of piperidine rings is 1. The van der Waals surface area contributed by atoms with Crippen LogP contribution in [0.4, 0.5) is 0 Å². The molecule has 4 nitrogen and oxygen atoms in total. The van der Waals surface area contributed by atoms with Gasteiger partial charge in [0, 0.05) is 24.5 Å². The first-order chi connectivity index (χ1) is 13.6. The van der Waals surface area contributed by atoms with Gasteiger partial charge in [0.05, 0.1) is 0 Å². The fourth-order valence-electron chi connectivity index (χ4n) is 3.91. The van der Waals surface area contributed by atoms with E-state index < -0.39 is 6.10 Å². The second-order valence-corrected chi connectivity index (χ2v) is 8.49. The molecule has 1 amide bonds. The lowest BCUT2D eigenvalue weighted by molar-refractivity contribution is -0.127. The molecular weight excluding hydrogens is 372 g/mol. The van der Waals surface area contributed by atoms with Gasteiger partial charge in [0.2, 0.25) is 0 Å². The van der Waals surface area contributed by atoms with E-state index in [1.54, 1.807) is 6.07 Å². The van der Waals surface area contributed by atoms with Gasteiger partial charge in [0.25, 0.3) is 5.91 Å². The Morgan fingerprint density at radius 3 is 2.61 bits per heavy atom. The van der Waals surface area contributed by atoms with Crippen LogP contribution >= 0.6 is 11.6 Å². The highest BCUT2D eigenvalue weighted by molar-refractivity contribution is 6.30. The highest BCUT2D eigenvalue weighted by atomic mass is 35.5. The summed E-state index contributed by atoms with van der Waals surface area (Å²) >= 11 is 6.01. The number of fused-ring (bicyclic) bond motifs is 1. The molecule has 0 aromatic heterocycles. The number of hydrogen-bond donors (Lipinski definition) is 1. The van der Waals surface area contributed by atoms with Crippen molar-refractivity contribution in [1.29, 1.82) is 0 Å². The number of halogens is 1. The molecule has 0 saturated carbocycles. The van der Waals surface area contributed by atoms with Gasteiger partial charge in [-0.2, -0.15) is 0 Å². The summed E-state index contributed by atoms with van der Waals surface area (Å²) < 4.78 is 5.75. The van der Waals surface area contributed by atoms with Crippen LogP contribution in [0.3, 0.4) is 0 Å². The predicted molar refractivity (Wildman–Crippen MR) is 112 cm³/mol. The van der Waals surface area contributed by atoms with E-state index in [1.807, 2.05) is 12.1 Å².